The number of hydrogen-bond donors (Lipinski definition) is 0. The lowest BCUT2D eigenvalue weighted by molar-refractivity contribution is -0.141. The van der Waals surface area contributed by atoms with Crippen LogP contribution < -0.4 is 4.74 Å². The lowest BCUT2D eigenvalue weighted by Crippen LogP contribution is -2.50. The number of ether oxygens (including phenoxy) is 1. The van der Waals surface area contributed by atoms with Gasteiger partial charge in [-0.25, -0.2) is 4.68 Å². The fourth-order valence-electron chi connectivity index (χ4n) is 4.18. The zero-order chi connectivity index (χ0) is 24.8. The van der Waals surface area contributed by atoms with Gasteiger partial charge in [0.15, 0.2) is 12.3 Å². The molecule has 6 nitrogen and oxygen atoms in total. The van der Waals surface area contributed by atoms with Crippen molar-refractivity contribution in [3.8, 4) is 5.88 Å². The molecule has 4 rings (SSSR count). The Balaban J connectivity index is 1.30. The number of halogens is 4. The Labute approximate surface area is 207 Å². The first-order valence-electron chi connectivity index (χ1n) is 11.7. The monoisotopic (exact) mass is 508 g/mol. The number of rotatable bonds is 8. The highest BCUT2D eigenvalue weighted by molar-refractivity contribution is 6.25. The Hall–Kier alpha value is -2.78. The van der Waals surface area contributed by atoms with E-state index in [-0.39, 0.29) is 18.4 Å². The number of amides is 1. The highest BCUT2D eigenvalue weighted by atomic mass is 35.5. The van der Waals surface area contributed by atoms with E-state index in [1.165, 1.54) is 5.56 Å². The summed E-state index contributed by atoms with van der Waals surface area (Å²) in [6.07, 6.45) is 2.99. The quantitative estimate of drug-likeness (QED) is 0.494. The molecule has 35 heavy (non-hydrogen) atoms. The van der Waals surface area contributed by atoms with Gasteiger partial charge in [-0.3, -0.25) is 9.69 Å². The van der Waals surface area contributed by atoms with Crippen LogP contribution in [0, 0.1) is 0 Å². The number of nitrogens with zero attached hydrogens (tertiary/aromatic N) is 4. The topological polar surface area (TPSA) is 50.6 Å². The van der Waals surface area contributed by atoms with Gasteiger partial charge in [-0.1, -0.05) is 42.5 Å². The number of piperazine rings is 1. The van der Waals surface area contributed by atoms with E-state index in [9.17, 15) is 18.0 Å². The van der Waals surface area contributed by atoms with E-state index in [2.05, 4.69) is 22.1 Å². The molecule has 0 saturated carbocycles. The molecule has 1 atom stereocenters. The van der Waals surface area contributed by atoms with Crippen molar-refractivity contribution in [2.45, 2.75) is 30.8 Å². The van der Waals surface area contributed by atoms with E-state index in [1.807, 2.05) is 24.3 Å². The molecule has 1 amide bonds. The normalized spacial score (nSPS) is 19.0. The molecule has 0 spiro atoms. The summed E-state index contributed by atoms with van der Waals surface area (Å²) < 4.78 is 46.4. The molecule has 2 aliphatic rings. The first kappa shape index (κ1) is 25.3. The number of alkyl halides is 4. The molecule has 2 heterocycles. The summed E-state index contributed by atoms with van der Waals surface area (Å²) in [4.78, 5) is 16.7. The smallest absolute Gasteiger partial charge is 0.435 e. The van der Waals surface area contributed by atoms with Crippen molar-refractivity contribution >= 4 is 23.2 Å². The second-order valence-corrected chi connectivity index (χ2v) is 9.13. The molecule has 10 heteroatoms. The summed E-state index contributed by atoms with van der Waals surface area (Å²) in [6, 6.07) is 11.1. The molecule has 0 N–H and O–H groups in total. The highest BCUT2D eigenvalue weighted by Gasteiger charge is 2.36. The zero-order valence-electron chi connectivity index (χ0n) is 19.3. The highest BCUT2D eigenvalue weighted by Crippen LogP contribution is 2.34. The number of aromatic nitrogens is 2. The third-order valence-electron chi connectivity index (χ3n) is 6.13. The van der Waals surface area contributed by atoms with Crippen LogP contribution in [0.1, 0.15) is 24.1 Å². The van der Waals surface area contributed by atoms with E-state index in [0.29, 0.717) is 25.2 Å². The number of benzene rings is 1. The third kappa shape index (κ3) is 6.67. The Kier molecular flexibility index (Phi) is 8.18. The molecule has 1 aromatic heterocycles. The minimum absolute atomic E-state index is 0.155. The third-order valence-corrected chi connectivity index (χ3v) is 6.53. The van der Waals surface area contributed by atoms with Gasteiger partial charge in [0.1, 0.15) is 0 Å². The number of hydrogen-bond acceptors (Lipinski definition) is 4. The summed E-state index contributed by atoms with van der Waals surface area (Å²) in [5.41, 5.74) is 0.589. The zero-order valence-corrected chi connectivity index (χ0v) is 20.0. The molecule has 1 saturated heterocycles. The van der Waals surface area contributed by atoms with Gasteiger partial charge in [0.2, 0.25) is 5.88 Å². The molecule has 2 aromatic rings. The van der Waals surface area contributed by atoms with Gasteiger partial charge >= 0.3 is 6.18 Å². The number of carbonyl (C=O) groups is 1. The summed E-state index contributed by atoms with van der Waals surface area (Å²) in [6.45, 7) is 3.21. The van der Waals surface area contributed by atoms with Crippen LogP contribution >= 0.6 is 11.6 Å². The minimum atomic E-state index is -4.64. The summed E-state index contributed by atoms with van der Waals surface area (Å²) in [5, 5.41) is 3.11. The maximum atomic E-state index is 13.3. The standard InChI is InChI=1S/C25H28ClF3N4O2/c26-20-10-4-5-11-21(20)33-24(17-22(30-33)25(27,28)29)35-18-23(34)32-15-13-31(14-16-32)12-6-9-19-7-2-1-3-8-19/h1-5,7-8,11,17,20H,6,9-10,12-16,18H2. The molecular formula is C25H28ClF3N4O2. The lowest BCUT2D eigenvalue weighted by Gasteiger charge is -2.34. The van der Waals surface area contributed by atoms with Gasteiger partial charge < -0.3 is 9.64 Å². The molecule has 1 aromatic carbocycles. The predicted octanol–water partition coefficient (Wildman–Crippen LogP) is 4.47. The minimum Gasteiger partial charge on any atom is -0.467 e. The molecule has 1 unspecified atom stereocenters. The van der Waals surface area contributed by atoms with Crippen molar-refractivity contribution in [1.29, 1.82) is 0 Å². The van der Waals surface area contributed by atoms with Gasteiger partial charge in [-0.15, -0.1) is 11.6 Å². The molecule has 0 radical (unpaired) electrons. The van der Waals surface area contributed by atoms with Crippen LogP contribution in [-0.2, 0) is 17.4 Å². The average Bonchev–Trinajstić information content (AvgIpc) is 3.29. The van der Waals surface area contributed by atoms with Crippen LogP contribution in [0.4, 0.5) is 13.2 Å². The Bertz CT molecular complexity index is 1060. The van der Waals surface area contributed by atoms with Gasteiger partial charge in [-0.05, 0) is 37.4 Å². The number of carbonyl (C=O) groups excluding carboxylic acids is 1. The van der Waals surface area contributed by atoms with Gasteiger partial charge in [0.05, 0.1) is 11.1 Å². The van der Waals surface area contributed by atoms with E-state index >= 15 is 0 Å². The van der Waals surface area contributed by atoms with E-state index in [1.54, 1.807) is 17.1 Å². The average molecular weight is 509 g/mol. The summed E-state index contributed by atoms with van der Waals surface area (Å²) >= 11 is 6.28. The van der Waals surface area contributed by atoms with Crippen molar-refractivity contribution < 1.29 is 22.7 Å². The molecule has 1 aliphatic carbocycles. The Morgan fingerprint density at radius 1 is 1.14 bits per heavy atom. The number of allylic oxidation sites excluding steroid dienone is 4. The molecule has 1 fully saturated rings. The molecule has 1 aliphatic heterocycles. The molecule has 0 bridgehead atoms. The summed E-state index contributed by atoms with van der Waals surface area (Å²) in [7, 11) is 0. The predicted molar refractivity (Wildman–Crippen MR) is 128 cm³/mol. The van der Waals surface area contributed by atoms with Crippen LogP contribution in [0.5, 0.6) is 5.88 Å². The van der Waals surface area contributed by atoms with Crippen molar-refractivity contribution in [1.82, 2.24) is 19.6 Å². The Morgan fingerprint density at radius 3 is 2.57 bits per heavy atom. The van der Waals surface area contributed by atoms with Gasteiger partial charge in [0, 0.05) is 32.2 Å². The molecule has 188 valence electrons. The van der Waals surface area contributed by atoms with Gasteiger partial charge in [0.25, 0.3) is 5.91 Å². The van der Waals surface area contributed by atoms with Crippen LogP contribution in [0.3, 0.4) is 0 Å². The fourth-order valence-corrected chi connectivity index (χ4v) is 4.45. The van der Waals surface area contributed by atoms with Gasteiger partial charge in [-0.2, -0.15) is 18.3 Å². The van der Waals surface area contributed by atoms with Crippen LogP contribution in [0.2, 0.25) is 0 Å². The molecular weight excluding hydrogens is 481 g/mol. The first-order chi connectivity index (χ1) is 16.8. The van der Waals surface area contributed by atoms with Crippen molar-refractivity contribution in [3.05, 3.63) is 65.9 Å². The first-order valence-corrected chi connectivity index (χ1v) is 12.1. The Morgan fingerprint density at radius 2 is 1.89 bits per heavy atom. The van der Waals surface area contributed by atoms with Crippen molar-refractivity contribution in [2.75, 3.05) is 39.3 Å². The second-order valence-electron chi connectivity index (χ2n) is 8.60. The van der Waals surface area contributed by atoms with E-state index < -0.39 is 17.2 Å². The second kappa shape index (κ2) is 11.3. The maximum Gasteiger partial charge on any atom is 0.435 e. The summed E-state index contributed by atoms with van der Waals surface area (Å²) in [5.74, 6) is -0.424. The SMILES string of the molecule is O=C(COc1cc(C(F)(F)F)nn1C1=CC=CCC1Cl)N1CCN(CCCc2ccccc2)CC1. The lowest BCUT2D eigenvalue weighted by atomic mass is 10.1. The van der Waals surface area contributed by atoms with E-state index in [0.717, 1.165) is 43.2 Å². The largest absolute Gasteiger partial charge is 0.467 e. The van der Waals surface area contributed by atoms with Crippen LogP contribution in [-0.4, -0.2) is 70.2 Å². The van der Waals surface area contributed by atoms with Crippen molar-refractivity contribution in [3.63, 3.8) is 0 Å². The van der Waals surface area contributed by atoms with Crippen LogP contribution in [0.15, 0.2) is 54.6 Å². The van der Waals surface area contributed by atoms with Crippen molar-refractivity contribution in [2.24, 2.45) is 0 Å². The van der Waals surface area contributed by atoms with Crippen LogP contribution in [0.25, 0.3) is 5.70 Å². The fraction of sp³-hybridized carbons (Fsp3) is 0.440. The maximum absolute atomic E-state index is 13.3. The number of aryl methyl sites for hydroxylation is 1. The van der Waals surface area contributed by atoms with E-state index in [4.69, 9.17) is 16.3 Å².